The topological polar surface area (TPSA) is 242 Å². The van der Waals surface area contributed by atoms with Gasteiger partial charge < -0.3 is 36.6 Å². The molecule has 0 aromatic heterocycles. The van der Waals surface area contributed by atoms with Gasteiger partial charge in [-0.15, -0.1) is 0 Å². The van der Waals surface area contributed by atoms with Crippen molar-refractivity contribution in [2.45, 2.75) is 9.79 Å². The summed E-state index contributed by atoms with van der Waals surface area (Å²) in [7, 11) is -8.51. The highest BCUT2D eigenvalue weighted by Gasteiger charge is 2.19. The lowest BCUT2D eigenvalue weighted by Crippen LogP contribution is -2.34. The highest BCUT2D eigenvalue weighted by molar-refractivity contribution is 7.90. The SMILES string of the molecule is O=C(Nc1ccccc1)Nc1ccc(S(=O)(=O)NC(=O)Nc2ccc(Oc3ccc(NC(=O)NS(=O)(=O)c4ccc(NC(=O)Nc5ccccc5)cc4)cc3)cc2)cc1. The molecule has 0 atom stereocenters. The number of para-hydroxylation sites is 2. The number of sulfonamides is 2. The molecule has 6 aromatic rings. The van der Waals surface area contributed by atoms with Gasteiger partial charge in [-0.05, 0) is 121 Å². The summed E-state index contributed by atoms with van der Waals surface area (Å²) in [4.78, 5) is 49.1. The largest absolute Gasteiger partial charge is 0.457 e. The minimum atomic E-state index is -4.26. The standard InChI is InChI=1S/C40H34N8O9S2/c49-37(41-27-7-3-1-4-8-27)43-31-15-23-35(24-16-31)58(53,54)47-39(51)45-29-11-19-33(20-12-29)57-34-21-13-30(14-22-34)46-40(52)48-59(55,56)36-25-17-32(18-26-36)44-38(50)42-28-9-5-2-6-10-28/h1-26H,(H2,41,43,49)(H2,42,44,50)(H2,45,47,51)(H2,46,48,52). The van der Waals surface area contributed by atoms with E-state index >= 15 is 0 Å². The van der Waals surface area contributed by atoms with Gasteiger partial charge in [0, 0.05) is 34.1 Å². The molecule has 0 aliphatic rings. The summed E-state index contributed by atoms with van der Waals surface area (Å²) >= 11 is 0. The highest BCUT2D eigenvalue weighted by atomic mass is 32.2. The molecule has 0 spiro atoms. The van der Waals surface area contributed by atoms with Crippen LogP contribution in [0.15, 0.2) is 168 Å². The number of anilines is 6. The second-order valence-corrected chi connectivity index (χ2v) is 15.6. The van der Waals surface area contributed by atoms with Crippen LogP contribution in [0.25, 0.3) is 0 Å². The van der Waals surface area contributed by atoms with E-state index in [9.17, 15) is 36.0 Å². The van der Waals surface area contributed by atoms with Crippen LogP contribution in [0.2, 0.25) is 0 Å². The first-order valence-electron chi connectivity index (χ1n) is 17.3. The van der Waals surface area contributed by atoms with E-state index in [0.29, 0.717) is 34.2 Å². The van der Waals surface area contributed by atoms with Gasteiger partial charge in [-0.1, -0.05) is 36.4 Å². The van der Waals surface area contributed by atoms with Gasteiger partial charge in [0.25, 0.3) is 20.0 Å². The van der Waals surface area contributed by atoms with Gasteiger partial charge in [-0.25, -0.2) is 45.5 Å². The predicted octanol–water partition coefficient (Wildman–Crippen LogP) is 7.79. The number of ether oxygens (including phenoxy) is 1. The highest BCUT2D eigenvalue weighted by Crippen LogP contribution is 2.25. The molecule has 0 saturated carbocycles. The molecule has 17 nitrogen and oxygen atoms in total. The van der Waals surface area contributed by atoms with Crippen LogP contribution in [0.3, 0.4) is 0 Å². The van der Waals surface area contributed by atoms with E-state index in [1.165, 1.54) is 97.1 Å². The Hall–Kier alpha value is -7.90. The van der Waals surface area contributed by atoms with E-state index in [-0.39, 0.29) is 21.2 Å². The lowest BCUT2D eigenvalue weighted by atomic mass is 10.3. The van der Waals surface area contributed by atoms with Crippen molar-refractivity contribution in [1.29, 1.82) is 0 Å². The lowest BCUT2D eigenvalue weighted by Gasteiger charge is -2.12. The van der Waals surface area contributed by atoms with Crippen LogP contribution in [-0.2, 0) is 20.0 Å². The average molecular weight is 835 g/mol. The van der Waals surface area contributed by atoms with Crippen molar-refractivity contribution < 1.29 is 40.8 Å². The monoisotopic (exact) mass is 834 g/mol. The van der Waals surface area contributed by atoms with Crippen molar-refractivity contribution in [2.24, 2.45) is 0 Å². The molecular weight excluding hydrogens is 801 g/mol. The van der Waals surface area contributed by atoms with E-state index in [2.05, 4.69) is 31.9 Å². The van der Waals surface area contributed by atoms with Crippen LogP contribution in [0.5, 0.6) is 11.5 Å². The number of urea groups is 4. The molecular formula is C40H34N8O9S2. The molecule has 0 fully saturated rings. The minimum absolute atomic E-state index is 0.208. The van der Waals surface area contributed by atoms with Gasteiger partial charge in [0.05, 0.1) is 9.79 Å². The number of rotatable bonds is 12. The van der Waals surface area contributed by atoms with Gasteiger partial charge in [0.15, 0.2) is 0 Å². The zero-order valence-corrected chi connectivity index (χ0v) is 32.1. The molecule has 300 valence electrons. The van der Waals surface area contributed by atoms with E-state index in [1.54, 1.807) is 60.7 Å². The second kappa shape index (κ2) is 18.4. The van der Waals surface area contributed by atoms with Crippen LogP contribution < -0.4 is 46.1 Å². The van der Waals surface area contributed by atoms with Gasteiger partial charge in [0.1, 0.15) is 11.5 Å². The molecule has 0 radical (unpaired) electrons. The molecule has 0 unspecified atom stereocenters. The third kappa shape index (κ3) is 12.0. The zero-order chi connectivity index (χ0) is 41.8. The molecule has 6 rings (SSSR count). The molecule has 8 amide bonds. The summed E-state index contributed by atoms with van der Waals surface area (Å²) in [5, 5.41) is 15.3. The van der Waals surface area contributed by atoms with Crippen molar-refractivity contribution in [3.8, 4) is 11.5 Å². The van der Waals surface area contributed by atoms with Crippen molar-refractivity contribution in [1.82, 2.24) is 9.44 Å². The first-order chi connectivity index (χ1) is 28.3. The molecule has 19 heteroatoms. The number of hydrogen-bond acceptors (Lipinski definition) is 9. The fourth-order valence-corrected chi connectivity index (χ4v) is 6.90. The fourth-order valence-electron chi connectivity index (χ4n) is 5.09. The molecule has 8 N–H and O–H groups in total. The summed E-state index contributed by atoms with van der Waals surface area (Å²) in [6.45, 7) is 0. The van der Waals surface area contributed by atoms with Crippen molar-refractivity contribution >= 4 is 78.3 Å². The zero-order valence-electron chi connectivity index (χ0n) is 30.5. The minimum Gasteiger partial charge on any atom is -0.457 e. The summed E-state index contributed by atoms with van der Waals surface area (Å²) in [6.07, 6.45) is 0. The Morgan fingerprint density at radius 1 is 0.322 bits per heavy atom. The van der Waals surface area contributed by atoms with Gasteiger partial charge in [-0.3, -0.25) is 0 Å². The third-order valence-electron chi connectivity index (χ3n) is 7.82. The maximum atomic E-state index is 12.8. The van der Waals surface area contributed by atoms with Crippen LogP contribution in [0.1, 0.15) is 0 Å². The Balaban J connectivity index is 0.934. The molecule has 59 heavy (non-hydrogen) atoms. The molecule has 0 heterocycles. The van der Waals surface area contributed by atoms with Crippen LogP contribution >= 0.6 is 0 Å². The molecule has 0 bridgehead atoms. The van der Waals surface area contributed by atoms with Crippen LogP contribution in [-0.4, -0.2) is 41.0 Å². The molecule has 0 aliphatic heterocycles. The predicted molar refractivity (Wildman–Crippen MR) is 223 cm³/mol. The Morgan fingerprint density at radius 3 is 0.881 bits per heavy atom. The smallest absolute Gasteiger partial charge is 0.333 e. The Bertz CT molecular complexity index is 2470. The summed E-state index contributed by atoms with van der Waals surface area (Å²) in [5.41, 5.74) is 2.33. The van der Waals surface area contributed by atoms with Gasteiger partial charge in [0.2, 0.25) is 0 Å². The summed E-state index contributed by atoms with van der Waals surface area (Å²) in [5.74, 6) is 0.717. The molecule has 6 aromatic carbocycles. The van der Waals surface area contributed by atoms with E-state index < -0.39 is 44.2 Å². The third-order valence-corrected chi connectivity index (χ3v) is 10.5. The number of carbonyl (C=O) groups is 4. The van der Waals surface area contributed by atoms with Crippen molar-refractivity contribution in [2.75, 3.05) is 31.9 Å². The Labute approximate surface area is 338 Å². The maximum Gasteiger partial charge on any atom is 0.333 e. The van der Waals surface area contributed by atoms with E-state index in [1.807, 2.05) is 9.44 Å². The fraction of sp³-hybridized carbons (Fsp3) is 0. The summed E-state index contributed by atoms with van der Waals surface area (Å²) in [6, 6.07) is 36.9. The quantitative estimate of drug-likeness (QED) is 0.0599. The first kappa shape index (κ1) is 40.8. The normalized spacial score (nSPS) is 10.9. The maximum absolute atomic E-state index is 12.8. The Morgan fingerprint density at radius 2 is 0.576 bits per heavy atom. The molecule has 0 saturated heterocycles. The number of carbonyl (C=O) groups excluding carboxylic acids is 4. The first-order valence-corrected chi connectivity index (χ1v) is 20.3. The molecule has 0 aliphatic carbocycles. The van der Waals surface area contributed by atoms with Gasteiger partial charge >= 0.3 is 24.1 Å². The van der Waals surface area contributed by atoms with Crippen molar-refractivity contribution in [3.05, 3.63) is 158 Å². The Kier molecular flexibility index (Phi) is 12.7. The number of benzene rings is 6. The number of nitrogens with one attached hydrogen (secondary N) is 8. The number of hydrogen-bond donors (Lipinski definition) is 8. The number of amides is 8. The summed E-state index contributed by atoms with van der Waals surface area (Å²) < 4.78 is 60.8. The van der Waals surface area contributed by atoms with Crippen LogP contribution in [0, 0.1) is 0 Å². The van der Waals surface area contributed by atoms with E-state index in [4.69, 9.17) is 4.74 Å². The van der Waals surface area contributed by atoms with Gasteiger partial charge in [-0.2, -0.15) is 0 Å². The van der Waals surface area contributed by atoms with Crippen LogP contribution in [0.4, 0.5) is 53.3 Å². The average Bonchev–Trinajstić information content (AvgIpc) is 3.20. The van der Waals surface area contributed by atoms with Crippen molar-refractivity contribution in [3.63, 3.8) is 0 Å². The second-order valence-electron chi connectivity index (χ2n) is 12.2. The lowest BCUT2D eigenvalue weighted by molar-refractivity contribution is 0.255. The van der Waals surface area contributed by atoms with E-state index in [0.717, 1.165) is 0 Å².